The smallest absolute Gasteiger partial charge is 0.141 e. The first kappa shape index (κ1) is 16.5. The van der Waals surface area contributed by atoms with Crippen molar-refractivity contribution in [2.45, 2.75) is 57.9 Å². The van der Waals surface area contributed by atoms with Crippen molar-refractivity contribution >= 4 is 11.6 Å². The van der Waals surface area contributed by atoms with Crippen molar-refractivity contribution < 1.29 is 4.39 Å². The van der Waals surface area contributed by atoms with Gasteiger partial charge in [-0.1, -0.05) is 49.1 Å². The summed E-state index contributed by atoms with van der Waals surface area (Å²) in [7, 11) is 0. The van der Waals surface area contributed by atoms with E-state index in [1.54, 1.807) is 6.07 Å². The Morgan fingerprint density at radius 2 is 2.05 bits per heavy atom. The Kier molecular flexibility index (Phi) is 6.72. The van der Waals surface area contributed by atoms with Gasteiger partial charge in [0.25, 0.3) is 0 Å². The topological polar surface area (TPSA) is 12.0 Å². The molecule has 0 fully saturated rings. The average Bonchev–Trinajstić information content (AvgIpc) is 2.44. The monoisotopic (exact) mass is 309 g/mol. The minimum atomic E-state index is -0.346. The third kappa shape index (κ3) is 4.82. The number of nitrogens with one attached hydrogen (secondary N) is 1. The summed E-state index contributed by atoms with van der Waals surface area (Å²) in [6.07, 6.45) is 10.9. The second-order valence-electron chi connectivity index (χ2n) is 5.79. The lowest BCUT2D eigenvalue weighted by molar-refractivity contribution is 0.539. The SMILES string of the molecule is CCCNC(/C1=C/CCCCCC1)c1ccc(F)c(Cl)c1. The zero-order valence-corrected chi connectivity index (χ0v) is 13.6. The first-order chi connectivity index (χ1) is 10.2. The van der Waals surface area contributed by atoms with Crippen LogP contribution in [0.2, 0.25) is 5.02 Å². The Labute approximate surface area is 132 Å². The molecule has 2 rings (SSSR count). The van der Waals surface area contributed by atoms with E-state index >= 15 is 0 Å². The summed E-state index contributed by atoms with van der Waals surface area (Å²) in [5.41, 5.74) is 2.51. The van der Waals surface area contributed by atoms with Gasteiger partial charge < -0.3 is 5.32 Å². The third-order valence-electron chi connectivity index (χ3n) is 4.07. The van der Waals surface area contributed by atoms with Crippen molar-refractivity contribution in [2.75, 3.05) is 6.54 Å². The fourth-order valence-corrected chi connectivity index (χ4v) is 3.11. The molecule has 0 saturated carbocycles. The van der Waals surface area contributed by atoms with Gasteiger partial charge in [-0.2, -0.15) is 0 Å². The molecule has 21 heavy (non-hydrogen) atoms. The van der Waals surface area contributed by atoms with Crippen LogP contribution in [0.4, 0.5) is 4.39 Å². The lowest BCUT2D eigenvalue weighted by Gasteiger charge is -2.24. The zero-order valence-electron chi connectivity index (χ0n) is 12.8. The van der Waals surface area contributed by atoms with Crippen LogP contribution in [0.25, 0.3) is 0 Å². The summed E-state index contributed by atoms with van der Waals surface area (Å²) < 4.78 is 13.4. The molecule has 0 bridgehead atoms. The van der Waals surface area contributed by atoms with Crippen molar-refractivity contribution in [3.8, 4) is 0 Å². The molecular weight excluding hydrogens is 285 g/mol. The zero-order chi connectivity index (χ0) is 15.1. The first-order valence-electron chi connectivity index (χ1n) is 8.09. The van der Waals surface area contributed by atoms with E-state index in [1.165, 1.54) is 37.3 Å². The van der Waals surface area contributed by atoms with E-state index < -0.39 is 0 Å². The average molecular weight is 310 g/mol. The molecule has 0 amide bonds. The van der Waals surface area contributed by atoms with Crippen LogP contribution in [0.5, 0.6) is 0 Å². The van der Waals surface area contributed by atoms with Crippen molar-refractivity contribution in [3.63, 3.8) is 0 Å². The minimum absolute atomic E-state index is 0.168. The van der Waals surface area contributed by atoms with Crippen LogP contribution in [0.3, 0.4) is 0 Å². The molecule has 0 saturated heterocycles. The van der Waals surface area contributed by atoms with E-state index in [4.69, 9.17) is 11.6 Å². The van der Waals surface area contributed by atoms with E-state index in [-0.39, 0.29) is 16.9 Å². The highest BCUT2D eigenvalue weighted by Gasteiger charge is 2.17. The molecule has 1 aromatic carbocycles. The maximum atomic E-state index is 13.4. The van der Waals surface area contributed by atoms with Crippen LogP contribution < -0.4 is 5.32 Å². The number of benzene rings is 1. The Bertz CT molecular complexity index is 484. The number of rotatable bonds is 5. The molecule has 1 N–H and O–H groups in total. The number of halogens is 2. The Hall–Kier alpha value is -0.860. The van der Waals surface area contributed by atoms with E-state index in [9.17, 15) is 4.39 Å². The van der Waals surface area contributed by atoms with Crippen molar-refractivity contribution in [2.24, 2.45) is 0 Å². The van der Waals surface area contributed by atoms with Gasteiger partial charge in [0.2, 0.25) is 0 Å². The van der Waals surface area contributed by atoms with Gasteiger partial charge in [0.15, 0.2) is 0 Å². The molecule has 116 valence electrons. The molecule has 0 aromatic heterocycles. The molecule has 0 heterocycles. The summed E-state index contributed by atoms with van der Waals surface area (Å²) in [6.45, 7) is 3.12. The third-order valence-corrected chi connectivity index (χ3v) is 4.36. The summed E-state index contributed by atoms with van der Waals surface area (Å²) in [6, 6.07) is 5.26. The van der Waals surface area contributed by atoms with Gasteiger partial charge in [0.05, 0.1) is 11.1 Å². The Morgan fingerprint density at radius 1 is 1.24 bits per heavy atom. The van der Waals surface area contributed by atoms with Gasteiger partial charge in [-0.25, -0.2) is 4.39 Å². The summed E-state index contributed by atoms with van der Waals surface area (Å²) in [5.74, 6) is -0.346. The van der Waals surface area contributed by atoms with Crippen molar-refractivity contribution in [1.82, 2.24) is 5.32 Å². The van der Waals surface area contributed by atoms with E-state index in [0.29, 0.717) is 0 Å². The molecule has 1 unspecified atom stereocenters. The molecule has 1 aromatic rings. The van der Waals surface area contributed by atoms with Crippen LogP contribution in [0, 0.1) is 5.82 Å². The van der Waals surface area contributed by atoms with E-state index in [0.717, 1.165) is 31.4 Å². The van der Waals surface area contributed by atoms with Gasteiger partial charge in [0, 0.05) is 0 Å². The Morgan fingerprint density at radius 3 is 2.81 bits per heavy atom. The van der Waals surface area contributed by atoms with Crippen LogP contribution in [-0.4, -0.2) is 6.54 Å². The molecule has 0 radical (unpaired) electrons. The molecule has 3 heteroatoms. The molecule has 0 spiro atoms. The lowest BCUT2D eigenvalue weighted by Crippen LogP contribution is -2.24. The predicted octanol–water partition coefficient (Wildman–Crippen LogP) is 5.80. The summed E-state index contributed by atoms with van der Waals surface area (Å²) >= 11 is 5.97. The molecule has 1 nitrogen and oxygen atoms in total. The predicted molar refractivity (Wildman–Crippen MR) is 88.2 cm³/mol. The van der Waals surface area contributed by atoms with Gasteiger partial charge >= 0.3 is 0 Å². The highest BCUT2D eigenvalue weighted by Crippen LogP contribution is 2.30. The van der Waals surface area contributed by atoms with Gasteiger partial charge in [-0.15, -0.1) is 0 Å². The standard InChI is InChI=1S/C18H25ClFN/c1-2-12-21-18(14-8-6-4-3-5-7-9-14)15-10-11-17(20)16(19)13-15/h8,10-11,13,18,21H,2-7,9,12H2,1H3/b14-8+. The normalized spacial score (nSPS) is 20.2. The number of hydrogen-bond acceptors (Lipinski definition) is 1. The number of hydrogen-bond donors (Lipinski definition) is 1. The van der Waals surface area contributed by atoms with Crippen LogP contribution >= 0.6 is 11.6 Å². The largest absolute Gasteiger partial charge is 0.307 e. The lowest BCUT2D eigenvalue weighted by atomic mass is 9.91. The highest BCUT2D eigenvalue weighted by molar-refractivity contribution is 6.30. The Balaban J connectivity index is 2.25. The molecule has 0 aliphatic heterocycles. The maximum Gasteiger partial charge on any atom is 0.141 e. The van der Waals surface area contributed by atoms with Crippen LogP contribution in [-0.2, 0) is 0 Å². The molecule has 1 atom stereocenters. The van der Waals surface area contributed by atoms with E-state index in [1.807, 2.05) is 6.07 Å². The van der Waals surface area contributed by atoms with Crippen LogP contribution in [0.1, 0.15) is 63.5 Å². The highest BCUT2D eigenvalue weighted by atomic mass is 35.5. The summed E-state index contributed by atoms with van der Waals surface area (Å²) in [5, 5.41) is 3.81. The van der Waals surface area contributed by atoms with Gasteiger partial charge in [-0.3, -0.25) is 0 Å². The first-order valence-corrected chi connectivity index (χ1v) is 8.47. The van der Waals surface area contributed by atoms with E-state index in [2.05, 4.69) is 18.3 Å². The second kappa shape index (κ2) is 8.55. The maximum absolute atomic E-state index is 13.4. The fraction of sp³-hybridized carbons (Fsp3) is 0.556. The van der Waals surface area contributed by atoms with Gasteiger partial charge in [-0.05, 0) is 56.3 Å². The molecule has 1 aliphatic carbocycles. The molecule has 1 aliphatic rings. The molecular formula is C18H25ClFN. The minimum Gasteiger partial charge on any atom is -0.307 e. The van der Waals surface area contributed by atoms with Crippen LogP contribution in [0.15, 0.2) is 29.8 Å². The second-order valence-corrected chi connectivity index (χ2v) is 6.20. The van der Waals surface area contributed by atoms with Gasteiger partial charge in [0.1, 0.15) is 5.82 Å². The quantitative estimate of drug-likeness (QED) is 0.678. The van der Waals surface area contributed by atoms with Crippen molar-refractivity contribution in [3.05, 3.63) is 46.3 Å². The number of allylic oxidation sites excluding steroid dienone is 1. The van der Waals surface area contributed by atoms with Crippen molar-refractivity contribution in [1.29, 1.82) is 0 Å². The summed E-state index contributed by atoms with van der Waals surface area (Å²) in [4.78, 5) is 0. The fourth-order valence-electron chi connectivity index (χ4n) is 2.92.